The predicted octanol–water partition coefficient (Wildman–Crippen LogP) is 0.673. The maximum Gasteiger partial charge on any atom is 0.335 e. The third-order valence-corrected chi connectivity index (χ3v) is 5.13. The Kier molecular flexibility index (Phi) is 5.38. The molecule has 2 rings (SSSR count). The first kappa shape index (κ1) is 17.4. The lowest BCUT2D eigenvalue weighted by Crippen LogP contribution is -2.44. The summed E-state index contributed by atoms with van der Waals surface area (Å²) in [4.78, 5) is 23.1. The number of aromatic carboxylic acids is 1. The molecule has 1 aromatic carbocycles. The van der Waals surface area contributed by atoms with Gasteiger partial charge < -0.3 is 10.4 Å². The summed E-state index contributed by atoms with van der Waals surface area (Å²) >= 11 is 0. The highest BCUT2D eigenvalue weighted by Crippen LogP contribution is 2.19. The number of carboxylic acid groups (broad SMARTS) is 1. The van der Waals surface area contributed by atoms with Gasteiger partial charge in [0, 0.05) is 19.6 Å². The van der Waals surface area contributed by atoms with Crippen LogP contribution in [-0.4, -0.2) is 49.1 Å². The Balaban J connectivity index is 1.94. The van der Waals surface area contributed by atoms with Gasteiger partial charge >= 0.3 is 5.97 Å². The first-order valence-electron chi connectivity index (χ1n) is 7.32. The van der Waals surface area contributed by atoms with Crippen LogP contribution in [0, 0.1) is 5.92 Å². The van der Waals surface area contributed by atoms with Gasteiger partial charge in [0.25, 0.3) is 0 Å². The van der Waals surface area contributed by atoms with Crippen LogP contribution in [0.4, 0.5) is 0 Å². The van der Waals surface area contributed by atoms with E-state index in [1.165, 1.54) is 16.4 Å². The van der Waals surface area contributed by atoms with E-state index >= 15 is 0 Å². The number of sulfonamides is 1. The number of piperidine rings is 1. The molecule has 0 aromatic heterocycles. The first-order chi connectivity index (χ1) is 10.8. The molecule has 1 fully saturated rings. The maximum atomic E-state index is 12.2. The number of carbonyl (C=O) groups is 2. The summed E-state index contributed by atoms with van der Waals surface area (Å²) in [5.74, 6) is -1.60. The monoisotopic (exact) mass is 340 g/mol. The van der Waals surface area contributed by atoms with Crippen molar-refractivity contribution in [1.82, 2.24) is 9.62 Å². The first-order valence-corrected chi connectivity index (χ1v) is 9.17. The molecule has 8 heteroatoms. The Morgan fingerprint density at radius 2 is 2.13 bits per heavy atom. The van der Waals surface area contributed by atoms with Crippen molar-refractivity contribution in [1.29, 1.82) is 0 Å². The smallest absolute Gasteiger partial charge is 0.335 e. The van der Waals surface area contributed by atoms with Gasteiger partial charge in [0.1, 0.15) is 0 Å². The number of rotatable bonds is 5. The van der Waals surface area contributed by atoms with E-state index in [4.69, 9.17) is 5.11 Å². The van der Waals surface area contributed by atoms with Crippen LogP contribution in [-0.2, 0) is 21.4 Å². The molecule has 1 aromatic rings. The quantitative estimate of drug-likeness (QED) is 0.820. The van der Waals surface area contributed by atoms with Crippen molar-refractivity contribution < 1.29 is 23.1 Å². The van der Waals surface area contributed by atoms with Crippen LogP contribution in [0.5, 0.6) is 0 Å². The fourth-order valence-electron chi connectivity index (χ4n) is 2.61. The lowest BCUT2D eigenvalue weighted by atomic mass is 9.98. The molecule has 0 spiro atoms. The van der Waals surface area contributed by atoms with Gasteiger partial charge in [0.05, 0.1) is 17.7 Å². The largest absolute Gasteiger partial charge is 0.478 e. The number of amides is 1. The fraction of sp³-hybridized carbons (Fsp3) is 0.467. The Bertz CT molecular complexity index is 702. The average Bonchev–Trinajstić information content (AvgIpc) is 2.52. The minimum Gasteiger partial charge on any atom is -0.478 e. The molecule has 23 heavy (non-hydrogen) atoms. The normalized spacial score (nSPS) is 19.3. The standard InChI is InChI=1S/C15H20N2O5S/c1-23(21,22)17-7-3-6-13(10-17)14(18)16-9-11-4-2-5-12(8-11)15(19)20/h2,4-5,8,13H,3,6-7,9-10H2,1H3,(H,16,18)(H,19,20). The average molecular weight is 340 g/mol. The van der Waals surface area contributed by atoms with E-state index in [0.717, 1.165) is 6.26 Å². The maximum absolute atomic E-state index is 12.2. The zero-order chi connectivity index (χ0) is 17.0. The molecule has 126 valence electrons. The molecule has 7 nitrogen and oxygen atoms in total. The summed E-state index contributed by atoms with van der Waals surface area (Å²) < 4.78 is 24.5. The molecule has 0 aliphatic carbocycles. The summed E-state index contributed by atoms with van der Waals surface area (Å²) in [6.45, 7) is 0.860. The molecular weight excluding hydrogens is 320 g/mol. The third kappa shape index (κ3) is 4.77. The van der Waals surface area contributed by atoms with E-state index in [1.54, 1.807) is 12.1 Å². The Labute approximate surface area is 135 Å². The van der Waals surface area contributed by atoms with Crippen LogP contribution in [0.3, 0.4) is 0 Å². The molecule has 1 unspecified atom stereocenters. The van der Waals surface area contributed by atoms with Crippen LogP contribution in [0.1, 0.15) is 28.8 Å². The second kappa shape index (κ2) is 7.10. The topological polar surface area (TPSA) is 104 Å². The highest BCUT2D eigenvalue weighted by molar-refractivity contribution is 7.88. The van der Waals surface area contributed by atoms with E-state index in [-0.39, 0.29) is 30.5 Å². The van der Waals surface area contributed by atoms with Gasteiger partial charge in [-0.2, -0.15) is 0 Å². The molecule has 1 heterocycles. The molecule has 1 atom stereocenters. The van der Waals surface area contributed by atoms with E-state index in [0.29, 0.717) is 24.9 Å². The van der Waals surface area contributed by atoms with Crippen molar-refractivity contribution in [2.75, 3.05) is 19.3 Å². The summed E-state index contributed by atoms with van der Waals surface area (Å²) in [7, 11) is -3.29. The van der Waals surface area contributed by atoms with Gasteiger partial charge in [-0.05, 0) is 30.5 Å². The SMILES string of the molecule is CS(=O)(=O)N1CCCC(C(=O)NCc2cccc(C(=O)O)c2)C1. The summed E-state index contributed by atoms with van der Waals surface area (Å²) in [6.07, 6.45) is 2.44. The number of hydrogen-bond acceptors (Lipinski definition) is 4. The second-order valence-corrected chi connectivity index (χ2v) is 7.67. The van der Waals surface area contributed by atoms with Gasteiger partial charge in [-0.3, -0.25) is 4.79 Å². The van der Waals surface area contributed by atoms with Crippen LogP contribution >= 0.6 is 0 Å². The van der Waals surface area contributed by atoms with Crippen molar-refractivity contribution in [3.63, 3.8) is 0 Å². The van der Waals surface area contributed by atoms with Crippen LogP contribution in [0.15, 0.2) is 24.3 Å². The number of hydrogen-bond donors (Lipinski definition) is 2. The van der Waals surface area contributed by atoms with Gasteiger partial charge in [-0.1, -0.05) is 12.1 Å². The molecule has 1 aliphatic rings. The van der Waals surface area contributed by atoms with Gasteiger partial charge in [0.2, 0.25) is 15.9 Å². The Hall–Kier alpha value is -1.93. The molecule has 2 N–H and O–H groups in total. The van der Waals surface area contributed by atoms with Crippen LogP contribution in [0.2, 0.25) is 0 Å². The fourth-order valence-corrected chi connectivity index (χ4v) is 3.52. The zero-order valence-corrected chi connectivity index (χ0v) is 13.7. The highest BCUT2D eigenvalue weighted by atomic mass is 32.2. The minimum absolute atomic E-state index is 0.165. The molecule has 1 aliphatic heterocycles. The Morgan fingerprint density at radius 3 is 2.78 bits per heavy atom. The number of carbonyl (C=O) groups excluding carboxylic acids is 1. The predicted molar refractivity (Wildman–Crippen MR) is 84.4 cm³/mol. The van der Waals surface area contributed by atoms with E-state index in [1.807, 2.05) is 0 Å². The minimum atomic E-state index is -3.29. The van der Waals surface area contributed by atoms with E-state index in [9.17, 15) is 18.0 Å². The molecule has 1 saturated heterocycles. The molecule has 0 bridgehead atoms. The lowest BCUT2D eigenvalue weighted by Gasteiger charge is -2.30. The van der Waals surface area contributed by atoms with Gasteiger partial charge in [-0.15, -0.1) is 0 Å². The number of benzene rings is 1. The van der Waals surface area contributed by atoms with E-state index in [2.05, 4.69) is 5.32 Å². The van der Waals surface area contributed by atoms with Crippen molar-refractivity contribution >= 4 is 21.9 Å². The Morgan fingerprint density at radius 1 is 1.39 bits per heavy atom. The van der Waals surface area contributed by atoms with Crippen molar-refractivity contribution in [3.05, 3.63) is 35.4 Å². The number of nitrogens with zero attached hydrogens (tertiary/aromatic N) is 1. The summed E-state index contributed by atoms with van der Waals surface area (Å²) in [5.41, 5.74) is 0.853. The zero-order valence-electron chi connectivity index (χ0n) is 12.9. The molecule has 0 saturated carbocycles. The van der Waals surface area contributed by atoms with Crippen molar-refractivity contribution in [2.24, 2.45) is 5.92 Å². The summed E-state index contributed by atoms with van der Waals surface area (Å²) in [6, 6.07) is 6.35. The third-order valence-electron chi connectivity index (χ3n) is 3.86. The van der Waals surface area contributed by atoms with Gasteiger partial charge in [0.15, 0.2) is 0 Å². The number of carboxylic acids is 1. The molecule has 1 amide bonds. The second-order valence-electron chi connectivity index (χ2n) is 5.68. The van der Waals surface area contributed by atoms with Gasteiger partial charge in [-0.25, -0.2) is 17.5 Å². The molecule has 0 radical (unpaired) electrons. The van der Waals surface area contributed by atoms with Crippen molar-refractivity contribution in [2.45, 2.75) is 19.4 Å². The van der Waals surface area contributed by atoms with Crippen LogP contribution < -0.4 is 5.32 Å². The number of nitrogens with one attached hydrogen (secondary N) is 1. The molecular formula is C15H20N2O5S. The van der Waals surface area contributed by atoms with E-state index < -0.39 is 16.0 Å². The summed E-state index contributed by atoms with van der Waals surface area (Å²) in [5, 5.41) is 11.7. The highest BCUT2D eigenvalue weighted by Gasteiger charge is 2.29. The van der Waals surface area contributed by atoms with Crippen molar-refractivity contribution in [3.8, 4) is 0 Å². The lowest BCUT2D eigenvalue weighted by molar-refractivity contribution is -0.126. The van der Waals surface area contributed by atoms with Crippen LogP contribution in [0.25, 0.3) is 0 Å².